The highest BCUT2D eigenvalue weighted by Crippen LogP contribution is 2.16. The fourth-order valence-corrected chi connectivity index (χ4v) is 2.98. The van der Waals surface area contributed by atoms with Crippen molar-refractivity contribution >= 4 is 15.7 Å². The maximum absolute atomic E-state index is 12.3. The van der Waals surface area contributed by atoms with Gasteiger partial charge in [0, 0.05) is 6.20 Å². The molecule has 5 nitrogen and oxygen atoms in total. The predicted molar refractivity (Wildman–Crippen MR) is 79.2 cm³/mol. The van der Waals surface area contributed by atoms with Crippen LogP contribution in [0.15, 0.2) is 46.5 Å². The summed E-state index contributed by atoms with van der Waals surface area (Å²) < 4.78 is 24.5. The van der Waals surface area contributed by atoms with Gasteiger partial charge in [-0.05, 0) is 50.1 Å². The van der Waals surface area contributed by atoms with Crippen molar-refractivity contribution in [3.8, 4) is 0 Å². The molecule has 0 atom stereocenters. The summed E-state index contributed by atoms with van der Waals surface area (Å²) >= 11 is 0. The number of aromatic nitrogens is 1. The van der Waals surface area contributed by atoms with Gasteiger partial charge in [-0.2, -0.15) is 18.4 Å². The number of H-pyrrole nitrogens is 1. The van der Waals surface area contributed by atoms with Crippen molar-refractivity contribution in [3.05, 3.63) is 53.3 Å². The third-order valence-corrected chi connectivity index (χ3v) is 4.30. The monoisotopic (exact) mass is 291 g/mol. The Hall–Kier alpha value is -2.08. The first kappa shape index (κ1) is 14.3. The molecule has 0 saturated heterocycles. The molecular formula is C14H17N3O2S. The minimum absolute atomic E-state index is 0.250. The summed E-state index contributed by atoms with van der Waals surface area (Å²) in [4.78, 5) is 5.49. The van der Waals surface area contributed by atoms with Gasteiger partial charge in [-0.25, -0.2) is 0 Å². The van der Waals surface area contributed by atoms with Crippen LogP contribution in [0.1, 0.15) is 23.7 Å². The molecule has 1 aromatic heterocycles. The fourth-order valence-electron chi connectivity index (χ4n) is 1.79. The summed E-state index contributed by atoms with van der Waals surface area (Å²) in [6.45, 7) is 5.35. The lowest BCUT2D eigenvalue weighted by atomic mass is 10.2. The number of sulfonamides is 1. The number of rotatable bonds is 4. The Morgan fingerprint density at radius 2 is 2.00 bits per heavy atom. The van der Waals surface area contributed by atoms with Crippen LogP contribution in [0.5, 0.6) is 0 Å². The normalized spacial score (nSPS) is 12.4. The van der Waals surface area contributed by atoms with E-state index in [9.17, 15) is 8.42 Å². The Bertz CT molecular complexity index is 732. The molecule has 0 aliphatic rings. The molecule has 0 amide bonds. The van der Waals surface area contributed by atoms with Gasteiger partial charge in [0.1, 0.15) is 0 Å². The molecule has 1 heterocycles. The maximum Gasteiger partial charge on any atom is 0.276 e. The number of aryl methyl sites for hydroxylation is 2. The lowest BCUT2D eigenvalue weighted by molar-refractivity contribution is 0.583. The number of benzene rings is 1. The highest BCUT2D eigenvalue weighted by molar-refractivity contribution is 7.89. The lowest BCUT2D eigenvalue weighted by Crippen LogP contribution is -2.21. The van der Waals surface area contributed by atoms with E-state index in [2.05, 4.69) is 14.9 Å². The molecule has 2 aromatic rings. The lowest BCUT2D eigenvalue weighted by Gasteiger charge is -2.08. The van der Waals surface area contributed by atoms with Crippen molar-refractivity contribution in [2.45, 2.75) is 25.7 Å². The second kappa shape index (κ2) is 5.50. The number of aromatic amines is 1. The zero-order valence-corrected chi connectivity index (χ0v) is 12.5. The van der Waals surface area contributed by atoms with Gasteiger partial charge in [-0.15, -0.1) is 0 Å². The third-order valence-electron chi connectivity index (χ3n) is 2.95. The summed E-state index contributed by atoms with van der Waals surface area (Å²) in [7, 11) is -3.65. The molecule has 20 heavy (non-hydrogen) atoms. The third kappa shape index (κ3) is 3.08. The summed E-state index contributed by atoms with van der Waals surface area (Å²) in [6, 6.07) is 8.95. The molecular weight excluding hydrogens is 274 g/mol. The van der Waals surface area contributed by atoms with E-state index in [0.29, 0.717) is 11.3 Å². The Labute approximate surface area is 118 Å². The molecule has 0 fully saturated rings. The van der Waals surface area contributed by atoms with E-state index < -0.39 is 10.0 Å². The molecule has 6 heteroatoms. The topological polar surface area (TPSA) is 74.3 Å². The largest absolute Gasteiger partial charge is 0.360 e. The van der Waals surface area contributed by atoms with Gasteiger partial charge in [-0.1, -0.05) is 12.1 Å². The van der Waals surface area contributed by atoms with Gasteiger partial charge in [0.15, 0.2) is 0 Å². The van der Waals surface area contributed by atoms with Gasteiger partial charge in [-0.3, -0.25) is 0 Å². The van der Waals surface area contributed by atoms with Crippen LogP contribution in [0.2, 0.25) is 0 Å². The standard InChI is InChI=1S/C14H17N3O2S/c1-10-6-7-11(2)14(9-10)20(18,19)17-16-12(3)13-5-4-8-15-13/h4-9,15,17H,1-3H3/b16-12-. The first-order valence-corrected chi connectivity index (χ1v) is 7.65. The molecule has 0 aliphatic heterocycles. The number of nitrogens with zero attached hydrogens (tertiary/aromatic N) is 1. The molecule has 0 saturated carbocycles. The van der Waals surface area contributed by atoms with E-state index in [-0.39, 0.29) is 4.90 Å². The zero-order valence-electron chi connectivity index (χ0n) is 11.6. The van der Waals surface area contributed by atoms with Crippen LogP contribution in [-0.2, 0) is 10.0 Å². The van der Waals surface area contributed by atoms with E-state index in [1.807, 2.05) is 25.1 Å². The number of hydrogen-bond acceptors (Lipinski definition) is 3. The number of hydrazone groups is 1. The summed E-state index contributed by atoms with van der Waals surface area (Å²) in [5.74, 6) is 0. The number of nitrogens with one attached hydrogen (secondary N) is 2. The smallest absolute Gasteiger partial charge is 0.276 e. The molecule has 0 radical (unpaired) electrons. The second-order valence-electron chi connectivity index (χ2n) is 4.64. The van der Waals surface area contributed by atoms with Crippen molar-refractivity contribution in [3.63, 3.8) is 0 Å². The Morgan fingerprint density at radius 3 is 2.65 bits per heavy atom. The average molecular weight is 291 g/mol. The van der Waals surface area contributed by atoms with Gasteiger partial charge in [0.05, 0.1) is 16.3 Å². The van der Waals surface area contributed by atoms with Crippen LogP contribution in [0.4, 0.5) is 0 Å². The summed E-state index contributed by atoms with van der Waals surface area (Å²) in [6.07, 6.45) is 1.76. The van der Waals surface area contributed by atoms with Crippen LogP contribution < -0.4 is 4.83 Å². The molecule has 0 spiro atoms. The minimum Gasteiger partial charge on any atom is -0.360 e. The van der Waals surface area contributed by atoms with Crippen LogP contribution >= 0.6 is 0 Å². The predicted octanol–water partition coefficient (Wildman–Crippen LogP) is 2.33. The first-order chi connectivity index (χ1) is 9.40. The van der Waals surface area contributed by atoms with Crippen LogP contribution in [0.25, 0.3) is 0 Å². The van der Waals surface area contributed by atoms with Crippen molar-refractivity contribution in [2.75, 3.05) is 0 Å². The van der Waals surface area contributed by atoms with Gasteiger partial charge < -0.3 is 4.98 Å². The Morgan fingerprint density at radius 1 is 1.25 bits per heavy atom. The Balaban J connectivity index is 2.28. The van der Waals surface area contributed by atoms with Crippen molar-refractivity contribution in [1.82, 2.24) is 9.82 Å². The van der Waals surface area contributed by atoms with Crippen LogP contribution in [0.3, 0.4) is 0 Å². The maximum atomic E-state index is 12.3. The van der Waals surface area contributed by atoms with E-state index in [1.165, 1.54) is 0 Å². The molecule has 0 unspecified atom stereocenters. The van der Waals surface area contributed by atoms with Crippen LogP contribution in [-0.4, -0.2) is 19.1 Å². The first-order valence-electron chi connectivity index (χ1n) is 6.17. The summed E-state index contributed by atoms with van der Waals surface area (Å²) in [5.41, 5.74) is 2.93. The van der Waals surface area contributed by atoms with Crippen LogP contribution in [0, 0.1) is 13.8 Å². The summed E-state index contributed by atoms with van der Waals surface area (Å²) in [5, 5.41) is 3.93. The highest BCUT2D eigenvalue weighted by Gasteiger charge is 2.16. The zero-order chi connectivity index (χ0) is 14.8. The van der Waals surface area contributed by atoms with Gasteiger partial charge in [0.2, 0.25) is 0 Å². The van der Waals surface area contributed by atoms with Crippen molar-refractivity contribution < 1.29 is 8.42 Å². The SMILES string of the molecule is C/C(=N/NS(=O)(=O)c1cc(C)ccc1C)c1ccc[nH]1. The molecule has 0 aliphatic carbocycles. The highest BCUT2D eigenvalue weighted by atomic mass is 32.2. The molecule has 2 rings (SSSR count). The average Bonchev–Trinajstić information content (AvgIpc) is 2.93. The molecule has 0 bridgehead atoms. The van der Waals surface area contributed by atoms with Gasteiger partial charge >= 0.3 is 0 Å². The van der Waals surface area contributed by atoms with Crippen molar-refractivity contribution in [2.24, 2.45) is 5.10 Å². The molecule has 2 N–H and O–H groups in total. The minimum atomic E-state index is -3.65. The number of hydrogen-bond donors (Lipinski definition) is 2. The quantitative estimate of drug-likeness (QED) is 0.670. The molecule has 106 valence electrons. The van der Waals surface area contributed by atoms with E-state index in [1.54, 1.807) is 32.2 Å². The fraction of sp³-hybridized carbons (Fsp3) is 0.214. The second-order valence-corrected chi connectivity index (χ2v) is 6.27. The van der Waals surface area contributed by atoms with Crippen molar-refractivity contribution in [1.29, 1.82) is 0 Å². The van der Waals surface area contributed by atoms with E-state index >= 15 is 0 Å². The van der Waals surface area contributed by atoms with E-state index in [4.69, 9.17) is 0 Å². The molecule has 1 aromatic carbocycles. The van der Waals surface area contributed by atoms with E-state index in [0.717, 1.165) is 11.3 Å². The Kier molecular flexibility index (Phi) is 3.94. The van der Waals surface area contributed by atoms with Gasteiger partial charge in [0.25, 0.3) is 10.0 Å².